The van der Waals surface area contributed by atoms with Gasteiger partial charge in [0.05, 0.1) is 6.10 Å². The van der Waals surface area contributed by atoms with E-state index in [2.05, 4.69) is 10.2 Å². The molecule has 4 heteroatoms. The van der Waals surface area contributed by atoms with Crippen LogP contribution >= 0.6 is 0 Å². The lowest BCUT2D eigenvalue weighted by atomic mass is 10.1. The molecule has 3 rings (SSSR count). The first-order chi connectivity index (χ1) is 10.7. The van der Waals surface area contributed by atoms with E-state index in [1.54, 1.807) is 0 Å². The number of hydrogen-bond acceptors (Lipinski definition) is 3. The largest absolute Gasteiger partial charge is 0.392 e. The van der Waals surface area contributed by atoms with Crippen LogP contribution in [-0.2, 0) is 6.54 Å². The van der Waals surface area contributed by atoms with Crippen LogP contribution < -0.4 is 5.32 Å². The van der Waals surface area contributed by atoms with Crippen LogP contribution in [0.25, 0.3) is 0 Å². The Labute approximate surface area is 132 Å². The van der Waals surface area contributed by atoms with Crippen LogP contribution in [0.15, 0.2) is 24.3 Å². The number of hydrogen-bond donors (Lipinski definition) is 2. The molecule has 0 radical (unpaired) electrons. The smallest absolute Gasteiger partial charge is 0.251 e. The van der Waals surface area contributed by atoms with E-state index in [1.165, 1.54) is 18.4 Å². The van der Waals surface area contributed by atoms with Crippen LogP contribution in [0.5, 0.6) is 0 Å². The number of amides is 1. The van der Waals surface area contributed by atoms with E-state index in [-0.39, 0.29) is 12.0 Å². The first kappa shape index (κ1) is 15.5. The van der Waals surface area contributed by atoms with Gasteiger partial charge in [-0.2, -0.15) is 0 Å². The lowest BCUT2D eigenvalue weighted by Gasteiger charge is -2.24. The summed E-state index contributed by atoms with van der Waals surface area (Å²) in [4.78, 5) is 14.3. The van der Waals surface area contributed by atoms with Crippen LogP contribution in [0, 0.1) is 0 Å². The highest BCUT2D eigenvalue weighted by Gasteiger charge is 2.30. The predicted octanol–water partition coefficient (Wildman–Crippen LogP) is 2.31. The summed E-state index contributed by atoms with van der Waals surface area (Å²) >= 11 is 0. The maximum Gasteiger partial charge on any atom is 0.251 e. The minimum atomic E-state index is -0.246. The Morgan fingerprint density at radius 3 is 2.50 bits per heavy atom. The molecule has 0 spiro atoms. The van der Waals surface area contributed by atoms with Crippen LogP contribution in [0.1, 0.15) is 54.9 Å². The molecule has 1 amide bonds. The molecule has 1 atom stereocenters. The third-order valence-corrected chi connectivity index (χ3v) is 4.49. The summed E-state index contributed by atoms with van der Waals surface area (Å²) in [6, 6.07) is 8.92. The van der Waals surface area contributed by atoms with Crippen LogP contribution in [-0.4, -0.2) is 40.6 Å². The summed E-state index contributed by atoms with van der Waals surface area (Å²) in [5.74, 6) is 0.0366. The molecule has 0 aliphatic heterocycles. The Kier molecular flexibility index (Phi) is 4.79. The van der Waals surface area contributed by atoms with Crippen molar-refractivity contribution in [3.05, 3.63) is 35.4 Å². The molecule has 1 aromatic rings. The molecule has 2 aliphatic carbocycles. The third-order valence-electron chi connectivity index (χ3n) is 4.49. The number of aliphatic hydroxyl groups is 1. The summed E-state index contributed by atoms with van der Waals surface area (Å²) < 4.78 is 0. The quantitative estimate of drug-likeness (QED) is 0.775. The molecule has 0 aromatic heterocycles. The molecule has 1 aromatic carbocycles. The first-order valence-corrected chi connectivity index (χ1v) is 8.47. The number of nitrogens with one attached hydrogen (secondary N) is 1. The van der Waals surface area contributed by atoms with Gasteiger partial charge in [0.1, 0.15) is 0 Å². The van der Waals surface area contributed by atoms with Crippen molar-refractivity contribution < 1.29 is 9.90 Å². The fourth-order valence-electron chi connectivity index (χ4n) is 2.67. The van der Waals surface area contributed by atoms with Crippen molar-refractivity contribution in [3.8, 4) is 0 Å². The number of carbonyl (C=O) groups is 1. The molecule has 22 heavy (non-hydrogen) atoms. The Morgan fingerprint density at radius 1 is 1.27 bits per heavy atom. The Bertz CT molecular complexity index is 506. The summed E-state index contributed by atoms with van der Waals surface area (Å²) in [6.45, 7) is 3.61. The zero-order valence-electron chi connectivity index (χ0n) is 13.3. The van der Waals surface area contributed by atoms with E-state index in [1.807, 2.05) is 31.2 Å². The van der Waals surface area contributed by atoms with Gasteiger partial charge in [0.25, 0.3) is 5.91 Å². The van der Waals surface area contributed by atoms with Crippen molar-refractivity contribution >= 4 is 5.91 Å². The van der Waals surface area contributed by atoms with Crippen LogP contribution in [0.4, 0.5) is 0 Å². The molecule has 1 unspecified atom stereocenters. The van der Waals surface area contributed by atoms with Gasteiger partial charge in [-0.15, -0.1) is 0 Å². The van der Waals surface area contributed by atoms with Crippen molar-refractivity contribution in [2.45, 2.75) is 63.8 Å². The molecule has 0 heterocycles. The molecule has 0 bridgehead atoms. The monoisotopic (exact) mass is 302 g/mol. The molecular weight excluding hydrogens is 276 g/mol. The second kappa shape index (κ2) is 6.80. The minimum Gasteiger partial charge on any atom is -0.392 e. The second-order valence-corrected chi connectivity index (χ2v) is 6.67. The van der Waals surface area contributed by atoms with E-state index >= 15 is 0 Å². The van der Waals surface area contributed by atoms with Crippen LogP contribution in [0.3, 0.4) is 0 Å². The maximum atomic E-state index is 12.0. The fourth-order valence-corrected chi connectivity index (χ4v) is 2.67. The number of aliphatic hydroxyl groups excluding tert-OH is 1. The summed E-state index contributed by atoms with van der Waals surface area (Å²) in [6.07, 6.45) is 5.24. The van der Waals surface area contributed by atoms with Gasteiger partial charge in [0.15, 0.2) is 0 Å². The van der Waals surface area contributed by atoms with E-state index in [4.69, 9.17) is 0 Å². The number of rotatable bonds is 8. The summed E-state index contributed by atoms with van der Waals surface area (Å²) in [5, 5.41) is 12.9. The standard InChI is InChI=1S/C18H26N2O2/c1-2-17(21)12-20(16-9-10-16)11-13-3-5-14(6-4-13)18(22)19-15-7-8-15/h3-6,15-17,21H,2,7-12H2,1H3,(H,19,22). The molecule has 0 saturated heterocycles. The number of carbonyl (C=O) groups excluding carboxylic acids is 1. The molecule has 2 aliphatic rings. The van der Waals surface area contributed by atoms with Gasteiger partial charge < -0.3 is 10.4 Å². The molecule has 2 fully saturated rings. The van der Waals surface area contributed by atoms with E-state index < -0.39 is 0 Å². The summed E-state index contributed by atoms with van der Waals surface area (Å²) in [5.41, 5.74) is 1.94. The van der Waals surface area contributed by atoms with Crippen molar-refractivity contribution in [2.75, 3.05) is 6.54 Å². The molecule has 4 nitrogen and oxygen atoms in total. The predicted molar refractivity (Wildman–Crippen MR) is 86.7 cm³/mol. The van der Waals surface area contributed by atoms with E-state index in [0.29, 0.717) is 12.1 Å². The van der Waals surface area contributed by atoms with Crippen molar-refractivity contribution in [1.82, 2.24) is 10.2 Å². The highest BCUT2D eigenvalue weighted by Crippen LogP contribution is 2.28. The average molecular weight is 302 g/mol. The Balaban J connectivity index is 1.57. The van der Waals surface area contributed by atoms with Gasteiger partial charge in [0, 0.05) is 30.7 Å². The van der Waals surface area contributed by atoms with E-state index in [0.717, 1.165) is 37.9 Å². The van der Waals surface area contributed by atoms with Crippen molar-refractivity contribution in [2.24, 2.45) is 0 Å². The molecule has 2 N–H and O–H groups in total. The van der Waals surface area contributed by atoms with Crippen molar-refractivity contribution in [3.63, 3.8) is 0 Å². The molecule has 2 saturated carbocycles. The lowest BCUT2D eigenvalue weighted by molar-refractivity contribution is 0.0951. The van der Waals surface area contributed by atoms with Crippen molar-refractivity contribution in [1.29, 1.82) is 0 Å². The van der Waals surface area contributed by atoms with E-state index in [9.17, 15) is 9.90 Å². The van der Waals surface area contributed by atoms with Gasteiger partial charge in [-0.3, -0.25) is 9.69 Å². The highest BCUT2D eigenvalue weighted by atomic mass is 16.3. The lowest BCUT2D eigenvalue weighted by Crippen LogP contribution is -2.33. The average Bonchev–Trinajstić information content (AvgIpc) is 3.40. The highest BCUT2D eigenvalue weighted by molar-refractivity contribution is 5.94. The topological polar surface area (TPSA) is 52.6 Å². The van der Waals surface area contributed by atoms with Gasteiger partial charge in [0.2, 0.25) is 0 Å². The zero-order valence-corrected chi connectivity index (χ0v) is 13.3. The Hall–Kier alpha value is -1.39. The zero-order chi connectivity index (χ0) is 15.5. The number of benzene rings is 1. The van der Waals surface area contributed by atoms with Gasteiger partial charge >= 0.3 is 0 Å². The molecule has 120 valence electrons. The second-order valence-electron chi connectivity index (χ2n) is 6.67. The normalized spacial score (nSPS) is 19.2. The minimum absolute atomic E-state index is 0.0366. The van der Waals surface area contributed by atoms with Gasteiger partial charge in [-0.25, -0.2) is 0 Å². The molecular formula is C18H26N2O2. The number of nitrogens with zero attached hydrogens (tertiary/aromatic N) is 1. The van der Waals surface area contributed by atoms with Gasteiger partial charge in [-0.1, -0.05) is 19.1 Å². The van der Waals surface area contributed by atoms with Gasteiger partial charge in [-0.05, 0) is 49.8 Å². The SMILES string of the molecule is CCC(O)CN(Cc1ccc(C(=O)NC2CC2)cc1)C1CC1. The van der Waals surface area contributed by atoms with Crippen LogP contribution in [0.2, 0.25) is 0 Å². The Morgan fingerprint density at radius 2 is 1.95 bits per heavy atom. The maximum absolute atomic E-state index is 12.0. The first-order valence-electron chi connectivity index (χ1n) is 8.47. The summed E-state index contributed by atoms with van der Waals surface area (Å²) in [7, 11) is 0. The third kappa shape index (κ3) is 4.31. The fraction of sp³-hybridized carbons (Fsp3) is 0.611.